The number of furan rings is 1. The Kier molecular flexibility index (Phi) is 5.81. The Labute approximate surface area is 191 Å². The Morgan fingerprint density at radius 1 is 1.13 bits per heavy atom. The van der Waals surface area contributed by atoms with Crippen molar-refractivity contribution < 1.29 is 9.21 Å². The van der Waals surface area contributed by atoms with Crippen molar-refractivity contribution in [2.24, 2.45) is 0 Å². The number of benzene rings is 2. The summed E-state index contributed by atoms with van der Waals surface area (Å²) in [7, 11) is 0. The summed E-state index contributed by atoms with van der Waals surface area (Å²) >= 11 is 10.8. The van der Waals surface area contributed by atoms with E-state index in [1.54, 1.807) is 17.0 Å². The first-order valence-electron chi connectivity index (χ1n) is 9.78. The molecule has 0 saturated carbocycles. The summed E-state index contributed by atoms with van der Waals surface area (Å²) in [5.74, 6) is 0.971. The Balaban J connectivity index is 1.78. The first kappa shape index (κ1) is 21.1. The highest BCUT2D eigenvalue weighted by Gasteiger charge is 2.36. The standard InChI is InChI=1S/C24H20ClN3O2S/c1-14(2)15-7-9-16(10-8-15)28-22(27-23(29)18(13-26)24(28)31)21-12-11-20(30-21)17-5-3-4-6-19(17)25/h3-12,14,22,31H,1-2H3,(H,27,29). The number of amides is 1. The predicted octanol–water partition coefficient (Wildman–Crippen LogP) is 6.02. The molecule has 0 fully saturated rings. The summed E-state index contributed by atoms with van der Waals surface area (Å²) in [5.41, 5.74) is 2.67. The lowest BCUT2D eigenvalue weighted by Gasteiger charge is -2.36. The van der Waals surface area contributed by atoms with E-state index in [4.69, 9.17) is 16.0 Å². The van der Waals surface area contributed by atoms with E-state index in [0.29, 0.717) is 22.5 Å². The fourth-order valence-corrected chi connectivity index (χ4v) is 4.11. The molecule has 2 heterocycles. The van der Waals surface area contributed by atoms with E-state index in [2.05, 4.69) is 31.8 Å². The van der Waals surface area contributed by atoms with Gasteiger partial charge in [-0.3, -0.25) is 4.79 Å². The molecule has 1 aliphatic rings. The fourth-order valence-electron chi connectivity index (χ4n) is 3.50. The highest BCUT2D eigenvalue weighted by atomic mass is 35.5. The molecule has 31 heavy (non-hydrogen) atoms. The third-order valence-electron chi connectivity index (χ3n) is 5.19. The van der Waals surface area contributed by atoms with Gasteiger partial charge in [0.05, 0.1) is 10.1 Å². The molecular weight excluding hydrogens is 430 g/mol. The summed E-state index contributed by atoms with van der Waals surface area (Å²) in [6.07, 6.45) is -0.668. The summed E-state index contributed by atoms with van der Waals surface area (Å²) in [4.78, 5) is 14.3. The molecule has 1 N–H and O–H groups in total. The molecule has 7 heteroatoms. The van der Waals surface area contributed by atoms with Gasteiger partial charge in [0.2, 0.25) is 0 Å². The van der Waals surface area contributed by atoms with Crippen molar-refractivity contribution in [3.05, 3.63) is 87.6 Å². The van der Waals surface area contributed by atoms with Gasteiger partial charge in [0.1, 0.15) is 23.2 Å². The third kappa shape index (κ3) is 3.95. The van der Waals surface area contributed by atoms with Crippen molar-refractivity contribution in [2.45, 2.75) is 25.9 Å². The van der Waals surface area contributed by atoms with Gasteiger partial charge < -0.3 is 14.6 Å². The second-order valence-electron chi connectivity index (χ2n) is 7.48. The summed E-state index contributed by atoms with van der Waals surface area (Å²) < 4.78 is 6.09. The van der Waals surface area contributed by atoms with Gasteiger partial charge in [-0.1, -0.05) is 49.7 Å². The van der Waals surface area contributed by atoms with Crippen molar-refractivity contribution in [3.63, 3.8) is 0 Å². The maximum atomic E-state index is 12.5. The van der Waals surface area contributed by atoms with Crippen LogP contribution in [-0.2, 0) is 4.79 Å². The highest BCUT2D eigenvalue weighted by molar-refractivity contribution is 7.84. The molecule has 5 nitrogen and oxygen atoms in total. The van der Waals surface area contributed by atoms with Crippen molar-refractivity contribution >= 4 is 35.8 Å². The molecule has 1 atom stereocenters. The first-order chi connectivity index (χ1) is 14.9. The minimum absolute atomic E-state index is 0.0506. The van der Waals surface area contributed by atoms with Gasteiger partial charge in [-0.2, -0.15) is 5.26 Å². The lowest BCUT2D eigenvalue weighted by molar-refractivity contribution is -0.118. The number of nitrogens with zero attached hydrogens (tertiary/aromatic N) is 2. The van der Waals surface area contributed by atoms with E-state index in [-0.39, 0.29) is 10.6 Å². The lowest BCUT2D eigenvalue weighted by atomic mass is 10.0. The van der Waals surface area contributed by atoms with Crippen LogP contribution in [0.5, 0.6) is 0 Å². The van der Waals surface area contributed by atoms with Crippen molar-refractivity contribution in [1.29, 1.82) is 5.26 Å². The minimum atomic E-state index is -0.668. The third-order valence-corrected chi connectivity index (χ3v) is 5.96. The number of rotatable bonds is 4. The van der Waals surface area contributed by atoms with Gasteiger partial charge >= 0.3 is 0 Å². The molecule has 1 aromatic heterocycles. The minimum Gasteiger partial charge on any atom is -0.457 e. The average Bonchev–Trinajstić information content (AvgIpc) is 3.24. The number of halogens is 1. The number of anilines is 1. The normalized spacial score (nSPS) is 16.5. The Morgan fingerprint density at radius 2 is 1.84 bits per heavy atom. The number of hydrogen-bond acceptors (Lipinski definition) is 5. The van der Waals surface area contributed by atoms with Crippen LogP contribution in [0.15, 0.2) is 75.7 Å². The summed E-state index contributed by atoms with van der Waals surface area (Å²) in [6, 6.07) is 20.9. The van der Waals surface area contributed by atoms with Gasteiger partial charge in [-0.25, -0.2) is 0 Å². The molecular formula is C24H20ClN3O2S. The fraction of sp³-hybridized carbons (Fsp3) is 0.167. The molecule has 3 aromatic rings. The number of nitrogens with one attached hydrogen (secondary N) is 1. The molecule has 156 valence electrons. The van der Waals surface area contributed by atoms with Crippen LogP contribution in [0.2, 0.25) is 5.02 Å². The van der Waals surface area contributed by atoms with Gasteiger partial charge in [0, 0.05) is 11.3 Å². The van der Waals surface area contributed by atoms with Crippen LogP contribution in [0, 0.1) is 11.3 Å². The number of carbonyl (C=O) groups excluding carboxylic acids is 1. The monoisotopic (exact) mass is 449 g/mol. The van der Waals surface area contributed by atoms with Crippen LogP contribution < -0.4 is 10.2 Å². The quantitative estimate of drug-likeness (QED) is 0.477. The first-order valence-corrected chi connectivity index (χ1v) is 10.6. The molecule has 4 rings (SSSR count). The van der Waals surface area contributed by atoms with Crippen LogP contribution in [-0.4, -0.2) is 5.91 Å². The van der Waals surface area contributed by atoms with E-state index < -0.39 is 12.1 Å². The van der Waals surface area contributed by atoms with Crippen LogP contribution >= 0.6 is 24.2 Å². The molecule has 0 spiro atoms. The van der Waals surface area contributed by atoms with Crippen LogP contribution in [0.4, 0.5) is 5.69 Å². The molecule has 0 aliphatic carbocycles. The Morgan fingerprint density at radius 3 is 2.48 bits per heavy atom. The zero-order valence-corrected chi connectivity index (χ0v) is 18.6. The zero-order chi connectivity index (χ0) is 22.1. The van der Waals surface area contributed by atoms with Gasteiger partial charge in [0.25, 0.3) is 5.91 Å². The van der Waals surface area contributed by atoms with E-state index in [1.807, 2.05) is 54.6 Å². The van der Waals surface area contributed by atoms with Crippen molar-refractivity contribution in [3.8, 4) is 17.4 Å². The predicted molar refractivity (Wildman–Crippen MR) is 125 cm³/mol. The van der Waals surface area contributed by atoms with Gasteiger partial charge in [0.15, 0.2) is 6.17 Å². The molecule has 0 saturated heterocycles. The van der Waals surface area contributed by atoms with Gasteiger partial charge in [-0.05, 0) is 47.9 Å². The number of hydrogen-bond donors (Lipinski definition) is 2. The molecule has 1 amide bonds. The second-order valence-corrected chi connectivity index (χ2v) is 8.32. The van der Waals surface area contributed by atoms with E-state index in [9.17, 15) is 10.1 Å². The molecule has 2 aromatic carbocycles. The van der Waals surface area contributed by atoms with E-state index in [0.717, 1.165) is 11.3 Å². The Bertz CT molecular complexity index is 1210. The summed E-state index contributed by atoms with van der Waals surface area (Å²) in [5, 5.41) is 13.2. The molecule has 1 unspecified atom stereocenters. The van der Waals surface area contributed by atoms with E-state index in [1.165, 1.54) is 5.56 Å². The van der Waals surface area contributed by atoms with Gasteiger partial charge in [-0.15, -0.1) is 12.6 Å². The van der Waals surface area contributed by atoms with Crippen LogP contribution in [0.25, 0.3) is 11.3 Å². The van der Waals surface area contributed by atoms with Crippen molar-refractivity contribution in [2.75, 3.05) is 4.90 Å². The Hall–Kier alpha value is -3.14. The lowest BCUT2D eigenvalue weighted by Crippen LogP contribution is -2.45. The van der Waals surface area contributed by atoms with Crippen LogP contribution in [0.3, 0.4) is 0 Å². The number of thiol groups is 1. The second kappa shape index (κ2) is 8.54. The number of nitriles is 1. The highest BCUT2D eigenvalue weighted by Crippen LogP contribution is 2.38. The molecule has 0 radical (unpaired) electrons. The maximum Gasteiger partial charge on any atom is 0.266 e. The van der Waals surface area contributed by atoms with E-state index >= 15 is 0 Å². The molecule has 1 aliphatic heterocycles. The van der Waals surface area contributed by atoms with Crippen LogP contribution in [0.1, 0.15) is 37.3 Å². The topological polar surface area (TPSA) is 69.3 Å². The largest absolute Gasteiger partial charge is 0.457 e. The van der Waals surface area contributed by atoms with Crippen molar-refractivity contribution in [1.82, 2.24) is 5.32 Å². The average molecular weight is 450 g/mol. The number of carbonyl (C=O) groups is 1. The summed E-state index contributed by atoms with van der Waals surface area (Å²) in [6.45, 7) is 4.24. The maximum absolute atomic E-state index is 12.5. The smallest absolute Gasteiger partial charge is 0.266 e. The molecule has 0 bridgehead atoms. The zero-order valence-electron chi connectivity index (χ0n) is 17.0. The SMILES string of the molecule is CC(C)c1ccc(N2C(S)=C(C#N)C(=O)NC2c2ccc(-c3ccccc3Cl)o2)cc1.